The molecule has 1 aliphatic rings. The number of fused-ring (bicyclic) bond motifs is 1. The minimum atomic E-state index is -0.654. The van der Waals surface area contributed by atoms with E-state index >= 15 is 0 Å². The fraction of sp³-hybridized carbons (Fsp3) is 0.346. The number of aromatic nitrogens is 3. The van der Waals surface area contributed by atoms with Crippen LogP contribution < -0.4 is 19.5 Å². The molecule has 1 atom stereocenters. The molecule has 1 aliphatic heterocycles. The summed E-state index contributed by atoms with van der Waals surface area (Å²) >= 11 is 7.78. The van der Waals surface area contributed by atoms with Gasteiger partial charge in [0.1, 0.15) is 6.04 Å². The molecule has 0 fully saturated rings. The number of halogens is 1. The number of ether oxygens (including phenoxy) is 4. The average Bonchev–Trinajstić information content (AvgIpc) is 3.28. The van der Waals surface area contributed by atoms with Gasteiger partial charge < -0.3 is 24.3 Å². The zero-order valence-electron chi connectivity index (χ0n) is 21.5. The summed E-state index contributed by atoms with van der Waals surface area (Å²) in [5.74, 6) is 2.00. The van der Waals surface area contributed by atoms with Crippen molar-refractivity contribution in [3.05, 3.63) is 63.8 Å². The van der Waals surface area contributed by atoms with Gasteiger partial charge in [-0.15, -0.1) is 5.10 Å². The highest BCUT2D eigenvalue weighted by Gasteiger charge is 2.36. The Kier molecular flexibility index (Phi) is 8.19. The number of hydrogen-bond donors (Lipinski definition) is 1. The summed E-state index contributed by atoms with van der Waals surface area (Å²) in [5, 5.41) is 9.19. The Balaban J connectivity index is 1.80. The van der Waals surface area contributed by atoms with Crippen LogP contribution in [0.3, 0.4) is 0 Å². The number of hydrogen-bond acceptors (Lipinski definition) is 9. The minimum absolute atomic E-state index is 0.299. The number of benzene rings is 2. The molecule has 1 N–H and O–H groups in total. The van der Waals surface area contributed by atoms with Crippen molar-refractivity contribution in [1.29, 1.82) is 0 Å². The molecule has 37 heavy (non-hydrogen) atoms. The van der Waals surface area contributed by atoms with Gasteiger partial charge in [0.15, 0.2) is 11.5 Å². The molecule has 9 nitrogen and oxygen atoms in total. The summed E-state index contributed by atoms with van der Waals surface area (Å²) in [4.78, 5) is 18.0. The SMILES string of the molecule is COc1cc(C2C(C(=O)OC(C)C)=C(C)Nc3nc(SCc4ccccc4Cl)nn32)cc(OC)c1OC. The Morgan fingerprint density at radius 1 is 1.14 bits per heavy atom. The van der Waals surface area contributed by atoms with Gasteiger partial charge in [0.05, 0.1) is 33.0 Å². The van der Waals surface area contributed by atoms with Crippen molar-refractivity contribution in [2.45, 2.75) is 43.8 Å². The molecule has 11 heteroatoms. The predicted octanol–water partition coefficient (Wildman–Crippen LogP) is 5.49. The molecule has 0 spiro atoms. The van der Waals surface area contributed by atoms with Gasteiger partial charge in [-0.1, -0.05) is 41.6 Å². The number of esters is 1. The summed E-state index contributed by atoms with van der Waals surface area (Å²) in [6.45, 7) is 5.43. The van der Waals surface area contributed by atoms with Gasteiger partial charge in [-0.3, -0.25) is 0 Å². The molecule has 0 radical (unpaired) electrons. The van der Waals surface area contributed by atoms with Crippen LogP contribution in [0.4, 0.5) is 5.95 Å². The molecule has 0 saturated heterocycles. The third-order valence-electron chi connectivity index (χ3n) is 5.71. The van der Waals surface area contributed by atoms with Crippen LogP contribution >= 0.6 is 23.4 Å². The Hall–Kier alpha value is -3.37. The molecule has 3 aromatic rings. The van der Waals surface area contributed by atoms with Crippen molar-refractivity contribution in [3.8, 4) is 17.2 Å². The number of carbonyl (C=O) groups excluding carboxylic acids is 1. The molecule has 1 aromatic heterocycles. The van der Waals surface area contributed by atoms with E-state index in [1.54, 1.807) is 31.0 Å². The first kappa shape index (κ1) is 26.7. The normalized spacial score (nSPS) is 14.8. The lowest BCUT2D eigenvalue weighted by atomic mass is 9.95. The quantitative estimate of drug-likeness (QED) is 0.277. The lowest BCUT2D eigenvalue weighted by Gasteiger charge is -2.29. The highest BCUT2D eigenvalue weighted by molar-refractivity contribution is 7.98. The van der Waals surface area contributed by atoms with E-state index in [1.807, 2.05) is 45.0 Å². The highest BCUT2D eigenvalue weighted by atomic mass is 35.5. The second-order valence-electron chi connectivity index (χ2n) is 8.52. The maximum atomic E-state index is 13.3. The second-order valence-corrected chi connectivity index (χ2v) is 9.87. The number of nitrogens with one attached hydrogen (secondary N) is 1. The topological polar surface area (TPSA) is 96.7 Å². The van der Waals surface area contributed by atoms with Gasteiger partial charge in [0, 0.05) is 16.5 Å². The Morgan fingerprint density at radius 3 is 2.41 bits per heavy atom. The van der Waals surface area contributed by atoms with E-state index in [0.29, 0.717) is 56.0 Å². The maximum Gasteiger partial charge on any atom is 0.338 e. The first-order valence-electron chi connectivity index (χ1n) is 11.6. The Labute approximate surface area is 225 Å². The van der Waals surface area contributed by atoms with E-state index in [0.717, 1.165) is 5.56 Å². The lowest BCUT2D eigenvalue weighted by Crippen LogP contribution is -2.30. The number of methoxy groups -OCH3 is 3. The van der Waals surface area contributed by atoms with Crippen LogP contribution in [-0.4, -0.2) is 48.2 Å². The lowest BCUT2D eigenvalue weighted by molar-refractivity contribution is -0.143. The first-order chi connectivity index (χ1) is 17.8. The standard InChI is InChI=1S/C26H29ClN4O5S/c1-14(2)36-24(32)21-15(3)28-25-29-26(37-13-16-9-7-8-10-18(16)27)30-31(25)22(21)17-11-19(33-4)23(35-6)20(12-17)34-5/h7-12,14,22H,13H2,1-6H3,(H,28,29,30). The van der Waals surface area contributed by atoms with Crippen LogP contribution in [0.1, 0.15) is 37.9 Å². The molecule has 0 bridgehead atoms. The molecular weight excluding hydrogens is 516 g/mol. The number of thioether (sulfide) groups is 1. The Morgan fingerprint density at radius 2 is 1.81 bits per heavy atom. The fourth-order valence-corrected chi connectivity index (χ4v) is 5.17. The van der Waals surface area contributed by atoms with Crippen LogP contribution in [0.15, 0.2) is 52.8 Å². The zero-order valence-corrected chi connectivity index (χ0v) is 23.1. The first-order valence-corrected chi connectivity index (χ1v) is 12.9. The number of allylic oxidation sites excluding steroid dienone is 1. The van der Waals surface area contributed by atoms with Gasteiger partial charge >= 0.3 is 5.97 Å². The summed E-state index contributed by atoms with van der Waals surface area (Å²) < 4.78 is 23.9. The number of rotatable bonds is 9. The molecular formula is C26H29ClN4O5S. The van der Waals surface area contributed by atoms with Crippen LogP contribution in [-0.2, 0) is 15.3 Å². The van der Waals surface area contributed by atoms with Gasteiger partial charge in [-0.25, -0.2) is 9.48 Å². The third kappa shape index (κ3) is 5.50. The van der Waals surface area contributed by atoms with Crippen molar-refractivity contribution in [1.82, 2.24) is 14.8 Å². The molecule has 1 unspecified atom stereocenters. The Bertz CT molecular complexity index is 1320. The average molecular weight is 545 g/mol. The predicted molar refractivity (Wildman–Crippen MR) is 143 cm³/mol. The van der Waals surface area contributed by atoms with E-state index < -0.39 is 12.0 Å². The van der Waals surface area contributed by atoms with Crippen molar-refractivity contribution in [3.63, 3.8) is 0 Å². The molecule has 0 saturated carbocycles. The zero-order chi connectivity index (χ0) is 26.7. The minimum Gasteiger partial charge on any atom is -0.493 e. The van der Waals surface area contributed by atoms with Gasteiger partial charge in [-0.2, -0.15) is 4.98 Å². The van der Waals surface area contributed by atoms with Crippen LogP contribution in [0.25, 0.3) is 0 Å². The molecule has 4 rings (SSSR count). The molecule has 0 amide bonds. The van der Waals surface area contributed by atoms with Crippen molar-refractivity contribution >= 4 is 35.3 Å². The van der Waals surface area contributed by atoms with Gasteiger partial charge in [-0.05, 0) is 50.1 Å². The second kappa shape index (κ2) is 11.4. The van der Waals surface area contributed by atoms with Crippen LogP contribution in [0.5, 0.6) is 17.2 Å². The smallest absolute Gasteiger partial charge is 0.338 e. The third-order valence-corrected chi connectivity index (χ3v) is 6.97. The van der Waals surface area contributed by atoms with Crippen molar-refractivity contribution in [2.24, 2.45) is 0 Å². The van der Waals surface area contributed by atoms with Crippen molar-refractivity contribution in [2.75, 3.05) is 26.6 Å². The summed E-state index contributed by atoms with van der Waals surface area (Å²) in [6, 6.07) is 10.6. The maximum absolute atomic E-state index is 13.3. The molecule has 2 heterocycles. The molecule has 2 aromatic carbocycles. The summed E-state index contributed by atoms with van der Waals surface area (Å²) in [5.41, 5.74) is 2.70. The van der Waals surface area contributed by atoms with Crippen molar-refractivity contribution < 1.29 is 23.7 Å². The van der Waals surface area contributed by atoms with E-state index in [1.165, 1.54) is 18.9 Å². The van der Waals surface area contributed by atoms with Gasteiger partial charge in [0.25, 0.3) is 0 Å². The van der Waals surface area contributed by atoms with E-state index in [9.17, 15) is 4.79 Å². The molecule has 196 valence electrons. The number of anilines is 1. The highest BCUT2D eigenvalue weighted by Crippen LogP contribution is 2.44. The van der Waals surface area contributed by atoms with E-state index in [2.05, 4.69) is 10.3 Å². The summed E-state index contributed by atoms with van der Waals surface area (Å²) in [7, 11) is 4.63. The summed E-state index contributed by atoms with van der Waals surface area (Å²) in [6.07, 6.45) is -0.299. The van der Waals surface area contributed by atoms with E-state index in [4.69, 9.17) is 35.6 Å². The number of carbonyl (C=O) groups is 1. The van der Waals surface area contributed by atoms with Crippen LogP contribution in [0.2, 0.25) is 5.02 Å². The largest absolute Gasteiger partial charge is 0.493 e. The number of nitrogens with zero attached hydrogens (tertiary/aromatic N) is 3. The van der Waals surface area contributed by atoms with Crippen LogP contribution in [0, 0.1) is 0 Å². The molecule has 0 aliphatic carbocycles. The fourth-order valence-electron chi connectivity index (χ4n) is 4.06. The monoisotopic (exact) mass is 544 g/mol. The van der Waals surface area contributed by atoms with Gasteiger partial charge in [0.2, 0.25) is 16.9 Å². The van der Waals surface area contributed by atoms with E-state index in [-0.39, 0.29) is 6.10 Å².